The first-order valence-electron chi connectivity index (χ1n) is 20.1. The highest BCUT2D eigenvalue weighted by molar-refractivity contribution is 6.40. The number of ether oxygens (including phenoxy) is 1. The molecule has 1 heterocycles. The van der Waals surface area contributed by atoms with Gasteiger partial charge in [-0.05, 0) is 72.5 Å². The summed E-state index contributed by atoms with van der Waals surface area (Å²) in [7, 11) is 1.39. The maximum atomic E-state index is 14.7. The lowest BCUT2D eigenvalue weighted by molar-refractivity contribution is -0.117. The zero-order valence-electron chi connectivity index (χ0n) is 32.7. The smallest absolute Gasteiger partial charge is 0.190 e. The van der Waals surface area contributed by atoms with Gasteiger partial charge in [-0.1, -0.05) is 76.9 Å². The fraction of sp³-hybridized carbons (Fsp3) is 0.489. The number of aliphatic hydroxyl groups is 3. The number of phenolic OH excluding ortho intramolecular Hbond substituents is 1. The van der Waals surface area contributed by atoms with Gasteiger partial charge in [-0.3, -0.25) is 14.4 Å². The van der Waals surface area contributed by atoms with Crippen molar-refractivity contribution in [1.82, 2.24) is 0 Å². The van der Waals surface area contributed by atoms with Gasteiger partial charge in [-0.25, -0.2) is 0 Å². The van der Waals surface area contributed by atoms with Crippen molar-refractivity contribution in [3.63, 3.8) is 0 Å². The molecule has 1 aliphatic heterocycles. The van der Waals surface area contributed by atoms with Crippen molar-refractivity contribution in [3.8, 4) is 11.5 Å². The van der Waals surface area contributed by atoms with Crippen molar-refractivity contribution in [2.24, 2.45) is 0 Å². The van der Waals surface area contributed by atoms with Crippen molar-refractivity contribution in [2.45, 2.75) is 129 Å². The minimum Gasteiger partial charge on any atom is -0.504 e. The predicted molar refractivity (Wildman–Crippen MR) is 221 cm³/mol. The standard InChI is InChI=1S/C45H54N2O8/c1-6-8-10-12-15-45(16-13-11-9-7-2)30(14-17-48)46-41-27-18-23(3)31(24(4)51)40-39-34(27)37-32(25(21-49)19-28(52)35(37)42(41)47-45)33-26(22-50)20-29(53)36(38(33)39)43(54)44(40)55-5/h18-20,30-31,46-50,54H,6-17,21-22H2,1-5H3. The number of benzene rings is 5. The first-order chi connectivity index (χ1) is 26.5. The molecule has 2 aliphatic rings. The van der Waals surface area contributed by atoms with E-state index in [1.165, 1.54) is 26.2 Å². The molecule has 0 amide bonds. The Labute approximate surface area is 320 Å². The summed E-state index contributed by atoms with van der Waals surface area (Å²) in [5, 5.41) is 55.4. The quantitative estimate of drug-likeness (QED) is 0.0331. The van der Waals surface area contributed by atoms with Crippen LogP contribution in [0.15, 0.2) is 27.3 Å². The Kier molecular flexibility index (Phi) is 10.7. The number of aromatic hydroxyl groups is 1. The van der Waals surface area contributed by atoms with E-state index in [1.807, 2.05) is 13.0 Å². The number of hydrogen-bond acceptors (Lipinski definition) is 10. The first kappa shape index (κ1) is 38.8. The highest BCUT2D eigenvalue weighted by atomic mass is 16.5. The topological polar surface area (TPSA) is 165 Å². The SMILES string of the molecule is CCCCCCC1(CCCCCC)Nc2c(c3c4c5c(c(OC)c(O)c6c(=O)cc(CO)c(c7c(CO)cc(=O)c2c74)c65)C(C(C)=O)C(C)=C3)NC1CCO. The summed E-state index contributed by atoms with van der Waals surface area (Å²) in [4.78, 5) is 42.5. The molecular formula is C45H54N2O8. The molecule has 0 bridgehead atoms. The number of nitrogens with one attached hydrogen (secondary N) is 2. The second kappa shape index (κ2) is 15.2. The number of allylic oxidation sites excluding steroid dienone is 1. The molecule has 10 nitrogen and oxygen atoms in total. The molecule has 2 unspecified atom stereocenters. The Morgan fingerprint density at radius 1 is 0.782 bits per heavy atom. The Bertz CT molecular complexity index is 2440. The molecule has 5 aromatic carbocycles. The molecule has 0 saturated carbocycles. The van der Waals surface area contributed by atoms with Gasteiger partial charge >= 0.3 is 0 Å². The average Bonchev–Trinajstić information content (AvgIpc) is 3.29. The molecule has 5 aromatic rings. The van der Waals surface area contributed by atoms with Gasteiger partial charge in [0.15, 0.2) is 22.4 Å². The van der Waals surface area contributed by atoms with E-state index in [9.17, 15) is 34.8 Å². The fourth-order valence-corrected chi connectivity index (χ4v) is 10.2. The highest BCUT2D eigenvalue weighted by Gasteiger charge is 2.44. The van der Waals surface area contributed by atoms with E-state index in [1.54, 1.807) is 0 Å². The number of carbonyl (C=O) groups is 1. The van der Waals surface area contributed by atoms with Crippen LogP contribution in [0.3, 0.4) is 0 Å². The van der Waals surface area contributed by atoms with Gasteiger partial charge in [0, 0.05) is 33.9 Å². The molecule has 7 rings (SSSR count). The van der Waals surface area contributed by atoms with Crippen LogP contribution in [0.5, 0.6) is 11.5 Å². The number of carbonyl (C=O) groups excluding carboxylic acids is 1. The van der Waals surface area contributed by atoms with E-state index in [4.69, 9.17) is 4.74 Å². The molecule has 0 spiro atoms. The van der Waals surface area contributed by atoms with E-state index in [0.717, 1.165) is 64.2 Å². The van der Waals surface area contributed by atoms with Gasteiger partial charge in [-0.15, -0.1) is 0 Å². The molecule has 0 radical (unpaired) electrons. The van der Waals surface area contributed by atoms with E-state index >= 15 is 0 Å². The van der Waals surface area contributed by atoms with Gasteiger partial charge in [0.25, 0.3) is 0 Å². The average molecular weight is 751 g/mol. The first-order valence-corrected chi connectivity index (χ1v) is 20.1. The van der Waals surface area contributed by atoms with Crippen LogP contribution in [0.1, 0.15) is 126 Å². The summed E-state index contributed by atoms with van der Waals surface area (Å²) < 4.78 is 5.88. The van der Waals surface area contributed by atoms with E-state index in [2.05, 4.69) is 24.5 Å². The lowest BCUT2D eigenvalue weighted by Gasteiger charge is -2.48. The second-order valence-corrected chi connectivity index (χ2v) is 15.9. The molecular weight excluding hydrogens is 697 g/mol. The number of aliphatic hydroxyl groups excluding tert-OH is 3. The van der Waals surface area contributed by atoms with Crippen molar-refractivity contribution in [1.29, 1.82) is 0 Å². The normalized spacial score (nSPS) is 17.5. The lowest BCUT2D eigenvalue weighted by atomic mass is 9.75. The van der Waals surface area contributed by atoms with Crippen molar-refractivity contribution in [3.05, 3.63) is 60.4 Å². The predicted octanol–water partition coefficient (Wildman–Crippen LogP) is 7.95. The maximum absolute atomic E-state index is 14.7. The summed E-state index contributed by atoms with van der Waals surface area (Å²) in [5.74, 6) is -1.49. The number of unbranched alkanes of at least 4 members (excludes halogenated alkanes) is 6. The number of Topliss-reactive ketones (excluding diaryl/α,β-unsaturated/α-hetero) is 1. The Morgan fingerprint density at radius 2 is 1.36 bits per heavy atom. The second-order valence-electron chi connectivity index (χ2n) is 15.9. The molecule has 10 heteroatoms. The van der Waals surface area contributed by atoms with Crippen LogP contribution < -0.4 is 26.2 Å². The van der Waals surface area contributed by atoms with Gasteiger partial charge in [-0.2, -0.15) is 0 Å². The van der Waals surface area contributed by atoms with Crippen LogP contribution >= 0.6 is 0 Å². The van der Waals surface area contributed by atoms with Gasteiger partial charge in [0.1, 0.15) is 5.78 Å². The van der Waals surface area contributed by atoms with Crippen LogP contribution in [0.4, 0.5) is 11.4 Å². The molecule has 292 valence electrons. The Morgan fingerprint density at radius 3 is 1.89 bits per heavy atom. The van der Waals surface area contributed by atoms with Crippen LogP contribution in [0.2, 0.25) is 0 Å². The summed E-state index contributed by atoms with van der Waals surface area (Å²) in [6.07, 6.45) is 12.6. The molecule has 6 N–H and O–H groups in total. The molecule has 2 atom stereocenters. The number of fused-ring (bicyclic) bond motifs is 4. The molecule has 0 aromatic heterocycles. The molecule has 0 saturated heterocycles. The van der Waals surface area contributed by atoms with E-state index in [0.29, 0.717) is 77.8 Å². The number of methoxy groups -OCH3 is 1. The largest absolute Gasteiger partial charge is 0.504 e. The summed E-state index contributed by atoms with van der Waals surface area (Å²) in [5.41, 5.74) is 2.34. The minimum atomic E-state index is -0.880. The number of ketones is 1. The zero-order valence-corrected chi connectivity index (χ0v) is 32.7. The molecule has 1 aliphatic carbocycles. The number of anilines is 2. The number of rotatable bonds is 16. The van der Waals surface area contributed by atoms with E-state index in [-0.39, 0.29) is 40.6 Å². The Balaban J connectivity index is 1.73. The third-order valence-corrected chi connectivity index (χ3v) is 12.5. The summed E-state index contributed by atoms with van der Waals surface area (Å²) in [6.45, 7) is 6.67. The van der Waals surface area contributed by atoms with Gasteiger partial charge in [0.05, 0.1) is 60.0 Å². The Hall–Kier alpha value is -4.51. The minimum absolute atomic E-state index is 0.000459. The molecule has 55 heavy (non-hydrogen) atoms. The van der Waals surface area contributed by atoms with Crippen LogP contribution in [-0.4, -0.2) is 51.5 Å². The van der Waals surface area contributed by atoms with E-state index < -0.39 is 35.8 Å². The number of phenols is 1. The monoisotopic (exact) mass is 750 g/mol. The third-order valence-electron chi connectivity index (χ3n) is 12.5. The van der Waals surface area contributed by atoms with Crippen LogP contribution in [-0.2, 0) is 18.0 Å². The van der Waals surface area contributed by atoms with Crippen LogP contribution in [0.25, 0.3) is 49.2 Å². The van der Waals surface area contributed by atoms with Crippen molar-refractivity contribution in [2.75, 3.05) is 24.4 Å². The number of hydrogen-bond donors (Lipinski definition) is 6. The van der Waals surface area contributed by atoms with Gasteiger partial charge in [0.2, 0.25) is 0 Å². The highest BCUT2D eigenvalue weighted by Crippen LogP contribution is 2.58. The third kappa shape index (κ3) is 5.90. The van der Waals surface area contributed by atoms with Gasteiger partial charge < -0.3 is 35.8 Å². The van der Waals surface area contributed by atoms with Crippen LogP contribution in [0, 0.1) is 0 Å². The summed E-state index contributed by atoms with van der Waals surface area (Å²) >= 11 is 0. The van der Waals surface area contributed by atoms with Crippen molar-refractivity contribution >= 4 is 66.3 Å². The van der Waals surface area contributed by atoms with Crippen molar-refractivity contribution < 1.29 is 30.0 Å². The maximum Gasteiger partial charge on any atom is 0.190 e. The molecule has 0 fully saturated rings. The lowest BCUT2D eigenvalue weighted by Crippen LogP contribution is -2.56. The zero-order chi connectivity index (χ0) is 39.3. The fourth-order valence-electron chi connectivity index (χ4n) is 10.2. The summed E-state index contributed by atoms with van der Waals surface area (Å²) in [6, 6.07) is 2.53.